The molecule has 4 heteroatoms. The average Bonchev–Trinajstić information content (AvgIpc) is 2.23. The minimum absolute atomic E-state index is 0.115. The van der Waals surface area contributed by atoms with Gasteiger partial charge in [-0.2, -0.15) is 0 Å². The Labute approximate surface area is 94.2 Å². The first kappa shape index (κ1) is 9.63. The highest BCUT2D eigenvalue weighted by Gasteiger charge is 2.47. The zero-order chi connectivity index (χ0) is 11.4. The monoisotopic (exact) mass is 218 g/mol. The number of amides is 2. The molecule has 0 radical (unpaired) electrons. The maximum absolute atomic E-state index is 12.1. The predicted octanol–water partition coefficient (Wildman–Crippen LogP) is 0.0260. The summed E-state index contributed by atoms with van der Waals surface area (Å²) in [5, 5.41) is 0. The minimum Gasteiger partial charge on any atom is -0.338 e. The lowest BCUT2D eigenvalue weighted by Gasteiger charge is -2.47. The Morgan fingerprint density at radius 1 is 0.812 bits per heavy atom. The molecular formula is C12H14N2O2. The van der Waals surface area contributed by atoms with Crippen molar-refractivity contribution in [3.05, 3.63) is 24.3 Å². The van der Waals surface area contributed by atoms with Crippen molar-refractivity contribution in [1.82, 2.24) is 9.80 Å². The summed E-state index contributed by atoms with van der Waals surface area (Å²) in [6, 6.07) is -0.229. The van der Waals surface area contributed by atoms with Gasteiger partial charge >= 0.3 is 0 Å². The van der Waals surface area contributed by atoms with E-state index in [0.717, 1.165) is 0 Å². The first-order valence-corrected chi connectivity index (χ1v) is 5.51. The summed E-state index contributed by atoms with van der Waals surface area (Å²) in [7, 11) is 3.57. The summed E-state index contributed by atoms with van der Waals surface area (Å²) in [5.74, 6) is -0.196. The van der Waals surface area contributed by atoms with E-state index in [9.17, 15) is 9.59 Å². The van der Waals surface area contributed by atoms with Crippen LogP contribution in [-0.4, -0.2) is 47.8 Å². The van der Waals surface area contributed by atoms with E-state index in [0.29, 0.717) is 0 Å². The normalized spacial score (nSPS) is 40.6. The van der Waals surface area contributed by atoms with Gasteiger partial charge < -0.3 is 9.80 Å². The van der Waals surface area contributed by atoms with Crippen LogP contribution < -0.4 is 0 Å². The molecule has 5 heterocycles. The van der Waals surface area contributed by atoms with Gasteiger partial charge in [-0.3, -0.25) is 9.59 Å². The molecule has 5 aliphatic heterocycles. The van der Waals surface area contributed by atoms with Crippen molar-refractivity contribution < 1.29 is 9.59 Å². The van der Waals surface area contributed by atoms with Crippen LogP contribution in [0.25, 0.3) is 0 Å². The van der Waals surface area contributed by atoms with E-state index >= 15 is 0 Å². The van der Waals surface area contributed by atoms with E-state index in [4.69, 9.17) is 0 Å². The smallest absolute Gasteiger partial charge is 0.232 e. The highest BCUT2D eigenvalue weighted by atomic mass is 16.2. The van der Waals surface area contributed by atoms with Crippen LogP contribution in [0.5, 0.6) is 0 Å². The maximum atomic E-state index is 12.1. The second-order valence-corrected chi connectivity index (χ2v) is 4.70. The predicted molar refractivity (Wildman–Crippen MR) is 58.4 cm³/mol. The highest BCUT2D eigenvalue weighted by Crippen LogP contribution is 2.34. The third-order valence-electron chi connectivity index (χ3n) is 3.93. The molecule has 4 nitrogen and oxygen atoms in total. The first-order valence-electron chi connectivity index (χ1n) is 5.51. The molecule has 1 saturated heterocycles. The summed E-state index contributed by atoms with van der Waals surface area (Å²) >= 11 is 0. The highest BCUT2D eigenvalue weighted by molar-refractivity contribution is 5.91. The Balaban J connectivity index is 2.17. The molecule has 6 aliphatic rings. The topological polar surface area (TPSA) is 40.6 Å². The second kappa shape index (κ2) is 2.97. The Hall–Kier alpha value is -1.58. The van der Waals surface area contributed by atoms with E-state index < -0.39 is 0 Å². The van der Waals surface area contributed by atoms with Crippen molar-refractivity contribution in [2.75, 3.05) is 14.1 Å². The molecule has 0 aromatic carbocycles. The molecule has 1 fully saturated rings. The van der Waals surface area contributed by atoms with Crippen molar-refractivity contribution in [2.45, 2.75) is 12.1 Å². The number of nitrogens with zero attached hydrogens (tertiary/aromatic N) is 2. The van der Waals surface area contributed by atoms with Crippen molar-refractivity contribution in [2.24, 2.45) is 11.8 Å². The Kier molecular flexibility index (Phi) is 1.79. The molecule has 84 valence electrons. The van der Waals surface area contributed by atoms with E-state index in [1.165, 1.54) is 0 Å². The van der Waals surface area contributed by atoms with Gasteiger partial charge in [0.15, 0.2) is 0 Å². The lowest BCUT2D eigenvalue weighted by Crippen LogP contribution is -2.60. The van der Waals surface area contributed by atoms with Crippen LogP contribution in [0.15, 0.2) is 24.3 Å². The lowest BCUT2D eigenvalue weighted by molar-refractivity contribution is -0.148. The summed E-state index contributed by atoms with van der Waals surface area (Å²) in [6.45, 7) is 0. The van der Waals surface area contributed by atoms with Crippen LogP contribution in [-0.2, 0) is 9.59 Å². The van der Waals surface area contributed by atoms with Gasteiger partial charge in [0.05, 0.1) is 23.9 Å². The van der Waals surface area contributed by atoms with E-state index in [1.807, 2.05) is 24.3 Å². The van der Waals surface area contributed by atoms with Crippen LogP contribution in [0.3, 0.4) is 0 Å². The van der Waals surface area contributed by atoms with Gasteiger partial charge in [-0.1, -0.05) is 24.3 Å². The van der Waals surface area contributed by atoms with E-state index in [2.05, 4.69) is 0 Å². The molecule has 0 aromatic heterocycles. The van der Waals surface area contributed by atoms with Crippen molar-refractivity contribution in [3.63, 3.8) is 0 Å². The molecule has 16 heavy (non-hydrogen) atoms. The number of hydrogen-bond acceptors (Lipinski definition) is 2. The molecule has 0 N–H and O–H groups in total. The largest absolute Gasteiger partial charge is 0.338 e. The summed E-state index contributed by atoms with van der Waals surface area (Å²) in [5.41, 5.74) is 0. The molecule has 0 saturated carbocycles. The van der Waals surface area contributed by atoms with Crippen LogP contribution in [0.1, 0.15) is 0 Å². The fourth-order valence-electron chi connectivity index (χ4n) is 2.90. The van der Waals surface area contributed by atoms with Crippen LogP contribution in [0.2, 0.25) is 0 Å². The maximum Gasteiger partial charge on any atom is 0.232 e. The molecular weight excluding hydrogens is 204 g/mol. The van der Waals surface area contributed by atoms with Gasteiger partial charge in [0.25, 0.3) is 0 Å². The Bertz CT molecular complexity index is 387. The van der Waals surface area contributed by atoms with E-state index in [-0.39, 0.29) is 35.7 Å². The molecule has 0 spiro atoms. The molecule has 1 aliphatic carbocycles. The van der Waals surface area contributed by atoms with Gasteiger partial charge in [-0.15, -0.1) is 0 Å². The van der Waals surface area contributed by atoms with Gasteiger partial charge in [-0.05, 0) is 0 Å². The molecule has 6 rings (SSSR count). The third-order valence-corrected chi connectivity index (χ3v) is 3.93. The van der Waals surface area contributed by atoms with Crippen LogP contribution in [0.4, 0.5) is 0 Å². The molecule has 4 atom stereocenters. The molecule has 0 unspecified atom stereocenters. The Morgan fingerprint density at radius 2 is 1.19 bits per heavy atom. The average molecular weight is 218 g/mol. The molecule has 4 bridgehead atoms. The van der Waals surface area contributed by atoms with Crippen LogP contribution >= 0.6 is 0 Å². The van der Waals surface area contributed by atoms with Crippen molar-refractivity contribution >= 4 is 11.8 Å². The van der Waals surface area contributed by atoms with E-state index in [1.54, 1.807) is 23.9 Å². The van der Waals surface area contributed by atoms with Gasteiger partial charge in [0.1, 0.15) is 0 Å². The third kappa shape index (κ3) is 0.991. The molecule has 2 amide bonds. The quantitative estimate of drug-likeness (QED) is 0.538. The lowest BCUT2D eigenvalue weighted by atomic mass is 9.79. The van der Waals surface area contributed by atoms with Gasteiger partial charge in [-0.25, -0.2) is 0 Å². The fraction of sp³-hybridized carbons (Fsp3) is 0.500. The number of carbonyl (C=O) groups is 2. The number of hydrogen-bond donors (Lipinski definition) is 0. The number of carbonyl (C=O) groups excluding carboxylic acids is 2. The van der Waals surface area contributed by atoms with Gasteiger partial charge in [0.2, 0.25) is 11.8 Å². The Morgan fingerprint density at radius 3 is 1.56 bits per heavy atom. The molecule has 0 aromatic rings. The first-order chi connectivity index (χ1) is 7.61. The standard InChI is InChI=1S/C12H14N2O2/c1-13-9-5-3-8(11(13)15)10-6-4-7(9)12(16)14(10)2/h3-10H,1-2H3/t7-,8+,9-,10-/m0/s1. The zero-order valence-electron chi connectivity index (χ0n) is 9.33. The van der Waals surface area contributed by atoms with Gasteiger partial charge in [0, 0.05) is 14.1 Å². The van der Waals surface area contributed by atoms with Crippen molar-refractivity contribution in [1.29, 1.82) is 0 Å². The zero-order valence-corrected chi connectivity index (χ0v) is 9.33. The summed E-state index contributed by atoms with van der Waals surface area (Å²) < 4.78 is 0. The fourth-order valence-corrected chi connectivity index (χ4v) is 2.90. The van der Waals surface area contributed by atoms with Crippen molar-refractivity contribution in [3.8, 4) is 0 Å². The number of likely N-dealkylation sites (N-methyl/N-ethyl adjacent to an activating group) is 2. The summed E-state index contributed by atoms with van der Waals surface area (Å²) in [6.07, 6.45) is 7.91. The summed E-state index contributed by atoms with van der Waals surface area (Å²) in [4.78, 5) is 27.6. The van der Waals surface area contributed by atoms with Crippen LogP contribution in [0, 0.1) is 11.8 Å². The SMILES string of the molecule is CN1C(=O)[C@@H]2C=C[C@H]1[C@@H]1C=C[C@@H]2N(C)C1=O. The number of rotatable bonds is 0. The minimum atomic E-state index is -0.215. The second-order valence-electron chi connectivity index (χ2n) is 4.70.